The maximum absolute atomic E-state index is 13.3. The average molecular weight is 529 g/mol. The monoisotopic (exact) mass is 528 g/mol. The molecule has 1 aliphatic carbocycles. The predicted molar refractivity (Wildman–Crippen MR) is 144 cm³/mol. The molecule has 1 saturated carbocycles. The highest BCUT2D eigenvalue weighted by Crippen LogP contribution is 2.49. The molecule has 1 fully saturated rings. The van der Waals surface area contributed by atoms with Crippen LogP contribution in [0.3, 0.4) is 0 Å². The number of fused-ring (bicyclic) bond motifs is 1. The normalized spacial score (nSPS) is 16.2. The highest BCUT2D eigenvalue weighted by molar-refractivity contribution is 5.88. The van der Waals surface area contributed by atoms with Gasteiger partial charge in [0.05, 0.1) is 19.1 Å². The van der Waals surface area contributed by atoms with E-state index in [0.717, 1.165) is 10.8 Å². The van der Waals surface area contributed by atoms with E-state index < -0.39 is 40.6 Å². The smallest absolute Gasteiger partial charge is 0.408 e. The van der Waals surface area contributed by atoms with E-state index in [4.69, 9.17) is 19.9 Å². The number of hydrogen-bond acceptors (Lipinski definition) is 7. The summed E-state index contributed by atoms with van der Waals surface area (Å²) < 4.78 is 17.0. The SMILES string of the molecule is COc1ccc2c(O[C@@H](CNC(=O)[C@@H](NC(=O)OC(C)(C)C)C(C)(C)C)CC3(C(N)=O)CC3)nccc2c1. The highest BCUT2D eigenvalue weighted by atomic mass is 16.6. The van der Waals surface area contributed by atoms with E-state index in [0.29, 0.717) is 30.9 Å². The Bertz CT molecular complexity index is 1180. The standard InChI is InChI=1S/C28H40N4O6/c1-26(2,3)21(32-25(35)38-27(4,5)6)22(33)31-16-19(15-28(11-12-28)24(29)34)37-23-20-9-8-18(36-7)14-17(20)10-13-30-23/h8-10,13-14,19,21H,11-12,15-16H2,1-7H3,(H2,29,34)(H,31,33)(H,32,35)/t19-,21-/m1/s1. The number of benzene rings is 1. The summed E-state index contributed by atoms with van der Waals surface area (Å²) in [6, 6.07) is 6.53. The van der Waals surface area contributed by atoms with Crippen LogP contribution in [0.5, 0.6) is 11.6 Å². The summed E-state index contributed by atoms with van der Waals surface area (Å²) in [6.07, 6.45) is 2.03. The molecule has 1 aromatic heterocycles. The van der Waals surface area contributed by atoms with E-state index in [1.54, 1.807) is 34.1 Å². The number of nitrogens with zero attached hydrogens (tertiary/aromatic N) is 1. The summed E-state index contributed by atoms with van der Waals surface area (Å²) in [5.74, 6) is 0.308. The van der Waals surface area contributed by atoms with Gasteiger partial charge in [-0.25, -0.2) is 9.78 Å². The first-order chi connectivity index (χ1) is 17.6. The van der Waals surface area contributed by atoms with Crippen molar-refractivity contribution in [3.63, 3.8) is 0 Å². The van der Waals surface area contributed by atoms with Crippen LogP contribution in [0.2, 0.25) is 0 Å². The number of amides is 3. The van der Waals surface area contributed by atoms with Gasteiger partial charge in [-0.3, -0.25) is 9.59 Å². The van der Waals surface area contributed by atoms with Gasteiger partial charge in [0.2, 0.25) is 17.7 Å². The van der Waals surface area contributed by atoms with Crippen molar-refractivity contribution >= 4 is 28.7 Å². The van der Waals surface area contributed by atoms with Gasteiger partial charge in [0.15, 0.2) is 0 Å². The zero-order valence-electron chi connectivity index (χ0n) is 23.3. The fourth-order valence-corrected chi connectivity index (χ4v) is 4.22. The third kappa shape index (κ3) is 7.49. The maximum Gasteiger partial charge on any atom is 0.408 e. The van der Waals surface area contributed by atoms with Gasteiger partial charge >= 0.3 is 6.09 Å². The molecule has 10 nitrogen and oxygen atoms in total. The fraction of sp³-hybridized carbons (Fsp3) is 0.571. The van der Waals surface area contributed by atoms with Crippen LogP contribution in [0.1, 0.15) is 60.8 Å². The van der Waals surface area contributed by atoms with Crippen molar-refractivity contribution in [2.45, 2.75) is 78.6 Å². The zero-order valence-corrected chi connectivity index (χ0v) is 23.3. The lowest BCUT2D eigenvalue weighted by molar-refractivity contribution is -0.126. The van der Waals surface area contributed by atoms with Crippen LogP contribution >= 0.6 is 0 Å². The van der Waals surface area contributed by atoms with E-state index in [1.165, 1.54) is 0 Å². The summed E-state index contributed by atoms with van der Waals surface area (Å²) in [7, 11) is 1.60. The van der Waals surface area contributed by atoms with Crippen molar-refractivity contribution in [3.05, 3.63) is 30.5 Å². The Hall–Kier alpha value is -3.56. The first-order valence-electron chi connectivity index (χ1n) is 12.8. The molecule has 208 valence electrons. The first-order valence-corrected chi connectivity index (χ1v) is 12.8. The molecule has 0 spiro atoms. The van der Waals surface area contributed by atoms with Gasteiger partial charge in [-0.05, 0) is 68.7 Å². The second-order valence-corrected chi connectivity index (χ2v) is 12.0. The van der Waals surface area contributed by atoms with E-state index in [2.05, 4.69) is 15.6 Å². The third-order valence-corrected chi connectivity index (χ3v) is 6.50. The number of pyridine rings is 1. The number of ether oxygens (including phenoxy) is 3. The summed E-state index contributed by atoms with van der Waals surface area (Å²) in [5, 5.41) is 7.24. The number of hydrogen-bond donors (Lipinski definition) is 3. The summed E-state index contributed by atoms with van der Waals surface area (Å²) in [5.41, 5.74) is 3.72. The van der Waals surface area contributed by atoms with Crippen LogP contribution in [0, 0.1) is 10.8 Å². The Morgan fingerprint density at radius 2 is 1.79 bits per heavy atom. The number of aromatic nitrogens is 1. The Kier molecular flexibility index (Phi) is 8.43. The second kappa shape index (κ2) is 11.0. The van der Waals surface area contributed by atoms with E-state index >= 15 is 0 Å². The number of nitrogens with one attached hydrogen (secondary N) is 2. The minimum absolute atomic E-state index is 0.0880. The lowest BCUT2D eigenvalue weighted by atomic mass is 9.86. The average Bonchev–Trinajstić information content (AvgIpc) is 3.59. The zero-order chi connectivity index (χ0) is 28.3. The largest absolute Gasteiger partial charge is 0.497 e. The van der Waals surface area contributed by atoms with Crippen molar-refractivity contribution in [2.75, 3.05) is 13.7 Å². The molecule has 3 rings (SSSR count). The molecule has 3 amide bonds. The number of carbonyl (C=O) groups excluding carboxylic acids is 3. The van der Waals surface area contributed by atoms with Crippen molar-refractivity contribution in [3.8, 4) is 11.6 Å². The number of methoxy groups -OCH3 is 1. The van der Waals surface area contributed by atoms with Crippen molar-refractivity contribution in [1.29, 1.82) is 0 Å². The lowest BCUT2D eigenvalue weighted by Crippen LogP contribution is -2.55. The molecule has 0 unspecified atom stereocenters. The molecule has 2 aromatic rings. The van der Waals surface area contributed by atoms with Crippen LogP contribution in [-0.4, -0.2) is 54.3 Å². The van der Waals surface area contributed by atoms with Crippen LogP contribution in [-0.2, 0) is 14.3 Å². The van der Waals surface area contributed by atoms with Gasteiger partial charge in [-0.1, -0.05) is 20.8 Å². The Morgan fingerprint density at radius 1 is 1.11 bits per heavy atom. The summed E-state index contributed by atoms with van der Waals surface area (Å²) in [6.45, 7) is 10.9. The molecule has 10 heteroatoms. The number of alkyl carbamates (subject to hydrolysis) is 1. The predicted octanol–water partition coefficient (Wildman–Crippen LogP) is 3.70. The van der Waals surface area contributed by atoms with E-state index in [9.17, 15) is 14.4 Å². The molecule has 0 aliphatic heterocycles. The molecule has 1 heterocycles. The van der Waals surface area contributed by atoms with Gasteiger partial charge in [0.25, 0.3) is 0 Å². The third-order valence-electron chi connectivity index (χ3n) is 6.50. The molecule has 38 heavy (non-hydrogen) atoms. The van der Waals surface area contributed by atoms with Gasteiger partial charge in [-0.2, -0.15) is 0 Å². The van der Waals surface area contributed by atoms with Crippen LogP contribution in [0.25, 0.3) is 10.8 Å². The highest BCUT2D eigenvalue weighted by Gasteiger charge is 2.50. The Labute approximate surface area is 224 Å². The van der Waals surface area contributed by atoms with Crippen molar-refractivity contribution in [2.24, 2.45) is 16.6 Å². The molecular formula is C28H40N4O6. The number of carbonyl (C=O) groups is 3. The molecule has 2 atom stereocenters. The Balaban J connectivity index is 1.80. The first kappa shape index (κ1) is 29.0. The molecule has 1 aromatic carbocycles. The maximum atomic E-state index is 13.3. The van der Waals surface area contributed by atoms with E-state index in [-0.39, 0.29) is 12.5 Å². The van der Waals surface area contributed by atoms with Crippen LogP contribution in [0.4, 0.5) is 4.79 Å². The number of nitrogens with two attached hydrogens (primary N) is 1. The Morgan fingerprint density at radius 3 is 2.34 bits per heavy atom. The van der Waals surface area contributed by atoms with Gasteiger partial charge in [0.1, 0.15) is 23.5 Å². The van der Waals surface area contributed by atoms with Crippen LogP contribution < -0.4 is 25.8 Å². The summed E-state index contributed by atoms with van der Waals surface area (Å²) in [4.78, 5) is 42.3. The van der Waals surface area contributed by atoms with Gasteiger partial charge in [-0.15, -0.1) is 0 Å². The second-order valence-electron chi connectivity index (χ2n) is 12.0. The molecule has 0 radical (unpaired) electrons. The molecular weight excluding hydrogens is 488 g/mol. The fourth-order valence-electron chi connectivity index (χ4n) is 4.22. The van der Waals surface area contributed by atoms with Crippen LogP contribution in [0.15, 0.2) is 30.5 Å². The van der Waals surface area contributed by atoms with E-state index in [1.807, 2.05) is 45.0 Å². The topological polar surface area (TPSA) is 142 Å². The molecule has 4 N–H and O–H groups in total. The van der Waals surface area contributed by atoms with Gasteiger partial charge in [0, 0.05) is 18.0 Å². The number of primary amides is 1. The minimum Gasteiger partial charge on any atom is -0.497 e. The summed E-state index contributed by atoms with van der Waals surface area (Å²) >= 11 is 0. The van der Waals surface area contributed by atoms with Crippen molar-refractivity contribution < 1.29 is 28.6 Å². The van der Waals surface area contributed by atoms with Crippen molar-refractivity contribution in [1.82, 2.24) is 15.6 Å². The molecule has 0 bridgehead atoms. The number of rotatable bonds is 10. The molecule has 1 aliphatic rings. The van der Waals surface area contributed by atoms with Gasteiger partial charge < -0.3 is 30.6 Å². The molecule has 0 saturated heterocycles. The lowest BCUT2D eigenvalue weighted by Gasteiger charge is -2.32. The minimum atomic E-state index is -0.868. The quantitative estimate of drug-likeness (QED) is 0.427.